The van der Waals surface area contributed by atoms with Gasteiger partial charge in [-0.1, -0.05) is 6.42 Å². The van der Waals surface area contributed by atoms with Crippen LogP contribution in [0.4, 0.5) is 0 Å². The molecule has 0 fully saturated rings. The minimum atomic E-state index is -1.68. The molecule has 118 valence electrons. The van der Waals surface area contributed by atoms with Gasteiger partial charge in [0.05, 0.1) is 6.61 Å². The molecule has 0 saturated heterocycles. The van der Waals surface area contributed by atoms with Crippen LogP contribution in [0.15, 0.2) is 0 Å². The summed E-state index contributed by atoms with van der Waals surface area (Å²) in [5.74, 6) is -1.90. The maximum atomic E-state index is 11.8. The molecule has 0 bridgehead atoms. The first-order chi connectivity index (χ1) is 9.37. The van der Waals surface area contributed by atoms with Gasteiger partial charge in [0.15, 0.2) is 14.2 Å². The fourth-order valence-corrected chi connectivity index (χ4v) is 5.51. The van der Waals surface area contributed by atoms with Crippen molar-refractivity contribution in [2.45, 2.75) is 45.5 Å². The molecule has 0 aromatic heterocycles. The van der Waals surface area contributed by atoms with Crippen molar-refractivity contribution in [1.29, 1.82) is 0 Å². The fourth-order valence-electron chi connectivity index (χ4n) is 1.84. The molecule has 0 N–H and O–H groups in total. The van der Waals surface area contributed by atoms with E-state index in [1.165, 1.54) is 0 Å². The molecule has 0 spiro atoms. The number of hydrogen-bond donors (Lipinski definition) is 0. The number of carbonyl (C=O) groups is 2. The second-order valence-corrected chi connectivity index (χ2v) is 10.2. The van der Waals surface area contributed by atoms with Gasteiger partial charge in [-0.3, -0.25) is 9.59 Å². The molecule has 0 amide bonds. The van der Waals surface area contributed by atoms with Crippen molar-refractivity contribution in [2.24, 2.45) is 5.92 Å². The summed E-state index contributed by atoms with van der Waals surface area (Å²) < 4.78 is 15.5. The summed E-state index contributed by atoms with van der Waals surface area (Å²) in [4.78, 5) is 23.5. The monoisotopic (exact) mass is 584 g/mol. The largest absolute Gasteiger partial charge is 0.498 e. The van der Waals surface area contributed by atoms with Gasteiger partial charge < -0.3 is 20.5 Å². The summed E-state index contributed by atoms with van der Waals surface area (Å²) in [6.07, 6.45) is 1.18. The number of esters is 2. The van der Waals surface area contributed by atoms with Crippen LogP contribution in [0.1, 0.15) is 19.8 Å². The van der Waals surface area contributed by atoms with Gasteiger partial charge in [-0.2, -0.15) is 0 Å². The summed E-state index contributed by atoms with van der Waals surface area (Å²) in [5.41, 5.74) is 0. The van der Waals surface area contributed by atoms with Crippen molar-refractivity contribution in [1.82, 2.24) is 0 Å². The van der Waals surface area contributed by atoms with Crippen LogP contribution in [-0.2, 0) is 23.2 Å². The first-order valence-electron chi connectivity index (χ1n) is 6.85. The first kappa shape index (κ1) is 21.6. The number of rotatable bonds is 10. The Morgan fingerprint density at radius 2 is 1.81 bits per heavy atom. The average Bonchev–Trinajstić information content (AvgIpc) is 2.34. The van der Waals surface area contributed by atoms with Gasteiger partial charge in [-0.15, -0.1) is 0 Å². The van der Waals surface area contributed by atoms with Crippen LogP contribution in [-0.4, -0.2) is 43.2 Å². The maximum Gasteiger partial charge on any atom is 0.320 e. The Labute approximate surface area is 125 Å². The fraction of sp³-hybridized carbons (Fsp3) is 0.769. The van der Waals surface area contributed by atoms with Crippen LogP contribution in [0.5, 0.6) is 0 Å². The van der Waals surface area contributed by atoms with E-state index < -0.39 is 26.2 Å². The molecule has 1 atom stereocenters. The van der Waals surface area contributed by atoms with E-state index in [1.807, 2.05) is 6.55 Å². The van der Waals surface area contributed by atoms with E-state index in [-0.39, 0.29) is 13.2 Å². The molecule has 0 aliphatic rings. The zero-order chi connectivity index (χ0) is 15.6. The molecule has 0 rings (SSSR count). The van der Waals surface area contributed by atoms with Crippen molar-refractivity contribution in [3.63, 3.8) is 0 Å². The Hall–Kier alpha value is -1.67. The molecule has 0 aliphatic carbocycles. The molecule has 0 aromatic rings. The topological polar surface area (TPSA) is 61.8 Å². The third kappa shape index (κ3) is 8.98. The average molecular weight is 585 g/mol. The maximum absolute atomic E-state index is 11.8. The summed E-state index contributed by atoms with van der Waals surface area (Å²) >= 11 is 0. The summed E-state index contributed by atoms with van der Waals surface area (Å²) in [6, 6.07) is 0.904. The van der Waals surface area contributed by atoms with Crippen LogP contribution < -0.4 is 0 Å². The van der Waals surface area contributed by atoms with E-state index in [0.29, 0.717) is 16.2 Å². The van der Waals surface area contributed by atoms with E-state index in [9.17, 15) is 9.59 Å². The van der Waals surface area contributed by atoms with Crippen LogP contribution in [0.25, 0.3) is 0 Å². The molecule has 0 aromatic carbocycles. The molecular formula is C13H25O5RfSi2-. The minimum absolute atomic E-state index is 0. The zero-order valence-corrected chi connectivity index (χ0v) is 22.0. The Morgan fingerprint density at radius 1 is 1.24 bits per heavy atom. The van der Waals surface area contributed by atoms with E-state index in [2.05, 4.69) is 20.0 Å². The molecule has 1 unspecified atom stereocenters. The summed E-state index contributed by atoms with van der Waals surface area (Å²) in [6.45, 7) is 11.7. The van der Waals surface area contributed by atoms with Gasteiger partial charge in [-0.05, 0) is 45.6 Å². The third-order valence-electron chi connectivity index (χ3n) is 2.75. The minimum Gasteiger partial charge on any atom is -0.498 e. The second kappa shape index (κ2) is 11.0. The second-order valence-electron chi connectivity index (χ2n) is 4.93. The van der Waals surface area contributed by atoms with Gasteiger partial charge >= 0.3 is 11.9 Å². The van der Waals surface area contributed by atoms with Crippen molar-refractivity contribution in [3.05, 3.63) is 6.92 Å². The predicted molar refractivity (Wildman–Crippen MR) is 80.7 cm³/mol. The van der Waals surface area contributed by atoms with Crippen LogP contribution in [0.3, 0.4) is 0 Å². The van der Waals surface area contributed by atoms with Crippen molar-refractivity contribution in [2.75, 3.05) is 13.2 Å². The third-order valence-corrected chi connectivity index (χ3v) is 7.33. The smallest absolute Gasteiger partial charge is 0.320 e. The molecule has 2 radical (unpaired) electrons. The quantitative estimate of drug-likeness (QED) is 0.171. The molecule has 8 heteroatoms. The molecule has 5 nitrogen and oxygen atoms in total. The van der Waals surface area contributed by atoms with E-state index >= 15 is 0 Å². The molecule has 0 saturated carbocycles. The van der Waals surface area contributed by atoms with Crippen LogP contribution in [0.2, 0.25) is 25.7 Å². The Bertz CT molecular complexity index is 295. The molecule has 21 heavy (non-hydrogen) atoms. The van der Waals surface area contributed by atoms with Gasteiger partial charge in [0.25, 0.3) is 0 Å². The zero-order valence-electron chi connectivity index (χ0n) is 13.6. The Balaban J connectivity index is 0. The van der Waals surface area contributed by atoms with E-state index in [4.69, 9.17) is 13.6 Å². The molecular weight excluding hydrogens is 559 g/mol. The standard InChI is InChI=1S/C13H25O5Si2.Rf/c1-6-16-12(14)11(13(15)17-7-2)9-8-10-20(4,5)18-19-3;/h11H,1,6-10H2,2-5H3;/q-1;. The van der Waals surface area contributed by atoms with Crippen LogP contribution in [0, 0.1) is 12.8 Å². The van der Waals surface area contributed by atoms with Gasteiger partial charge in [0.2, 0.25) is 9.76 Å². The number of hydrogen-bond acceptors (Lipinski definition) is 5. The predicted octanol–water partition coefficient (Wildman–Crippen LogP) is 2.21. The van der Waals surface area contributed by atoms with Crippen molar-refractivity contribution >= 4 is 30.0 Å². The van der Waals surface area contributed by atoms with Gasteiger partial charge in [-0.25, -0.2) is 0 Å². The Morgan fingerprint density at radius 3 is 2.29 bits per heavy atom. The van der Waals surface area contributed by atoms with E-state index in [1.54, 1.807) is 6.92 Å². The summed E-state index contributed by atoms with van der Waals surface area (Å²) in [5, 5.41) is 0. The Kier molecular flexibility index (Phi) is 11.4. The molecule has 0 aliphatic heterocycles. The van der Waals surface area contributed by atoms with Crippen molar-refractivity contribution < 1.29 is 23.2 Å². The molecule has 0 heterocycles. The van der Waals surface area contributed by atoms with E-state index in [0.717, 1.165) is 12.5 Å². The number of ether oxygens (including phenoxy) is 2. The number of carbonyl (C=O) groups excluding carboxylic acids is 2. The van der Waals surface area contributed by atoms with Crippen molar-refractivity contribution in [3.8, 4) is 0 Å². The van der Waals surface area contributed by atoms with Gasteiger partial charge in [0, 0.05) is 0 Å². The SMILES string of the molecule is [CH2-]COC(=O)C(CCC[Si](C)(C)O[Si]C)C(=O)OCC.[Rf]. The summed E-state index contributed by atoms with van der Waals surface area (Å²) in [7, 11) is -1.21. The normalized spacial score (nSPS) is 12.2. The first-order valence-corrected chi connectivity index (χ1v) is 11.4. The van der Waals surface area contributed by atoms with Gasteiger partial charge in [0.1, 0.15) is 0 Å². The van der Waals surface area contributed by atoms with Crippen LogP contribution >= 0.6 is 0 Å².